The summed E-state index contributed by atoms with van der Waals surface area (Å²) in [4.78, 5) is 14.5. The van der Waals surface area contributed by atoms with Crippen LogP contribution in [0.15, 0.2) is 47.4 Å². The Kier molecular flexibility index (Phi) is 2.65. The number of aliphatic hydroxyl groups is 1. The highest BCUT2D eigenvalue weighted by atomic mass is 16.3. The molecule has 0 unspecified atom stereocenters. The Morgan fingerprint density at radius 1 is 1.20 bits per heavy atom. The van der Waals surface area contributed by atoms with E-state index >= 15 is 0 Å². The molecule has 2 N–H and O–H groups in total. The molecule has 1 aromatic heterocycles. The van der Waals surface area contributed by atoms with E-state index in [4.69, 9.17) is 5.11 Å². The van der Waals surface area contributed by atoms with Gasteiger partial charge in [0.25, 0.3) is 0 Å². The molecule has 0 aliphatic rings. The van der Waals surface area contributed by atoms with Crippen LogP contribution in [0.1, 0.15) is 5.69 Å². The predicted molar refractivity (Wildman–Crippen MR) is 58.4 cm³/mol. The lowest BCUT2D eigenvalue weighted by Crippen LogP contribution is -2.06. The fourth-order valence-electron chi connectivity index (χ4n) is 1.45. The van der Waals surface area contributed by atoms with Gasteiger partial charge in [-0.05, 0) is 5.56 Å². The van der Waals surface area contributed by atoms with Crippen LogP contribution >= 0.6 is 0 Å². The molecule has 2 aromatic rings. The topological polar surface area (TPSA) is 53.1 Å². The molecule has 0 saturated heterocycles. The number of hydrogen-bond donors (Lipinski definition) is 2. The molecule has 0 spiro atoms. The van der Waals surface area contributed by atoms with Crippen LogP contribution in [0.2, 0.25) is 0 Å². The smallest absolute Gasteiger partial charge is 0.189 e. The Balaban J connectivity index is 2.51. The van der Waals surface area contributed by atoms with Crippen molar-refractivity contribution in [1.82, 2.24) is 4.98 Å². The first-order valence-electron chi connectivity index (χ1n) is 4.69. The average molecular weight is 201 g/mol. The van der Waals surface area contributed by atoms with E-state index < -0.39 is 0 Å². The lowest BCUT2D eigenvalue weighted by atomic mass is 10.1. The van der Waals surface area contributed by atoms with Gasteiger partial charge in [0.15, 0.2) is 5.43 Å². The number of pyridine rings is 1. The summed E-state index contributed by atoms with van der Waals surface area (Å²) in [6.45, 7) is -0.149. The number of aromatic nitrogens is 1. The SMILES string of the molecule is O=c1cc(CO)[nH]cc1-c1ccccc1. The summed E-state index contributed by atoms with van der Waals surface area (Å²) < 4.78 is 0. The third-order valence-corrected chi connectivity index (χ3v) is 2.23. The van der Waals surface area contributed by atoms with Crippen molar-refractivity contribution in [3.8, 4) is 11.1 Å². The standard InChI is InChI=1S/C12H11NO2/c14-8-10-6-12(15)11(7-13-10)9-4-2-1-3-5-9/h1-7,14H,8H2,(H,13,15). The minimum atomic E-state index is -0.149. The number of aromatic amines is 1. The van der Waals surface area contributed by atoms with Crippen LogP contribution in [0, 0.1) is 0 Å². The molecule has 1 heterocycles. The monoisotopic (exact) mass is 201 g/mol. The highest BCUT2D eigenvalue weighted by molar-refractivity contribution is 5.61. The second kappa shape index (κ2) is 4.11. The highest BCUT2D eigenvalue weighted by Crippen LogP contribution is 2.13. The number of benzene rings is 1. The van der Waals surface area contributed by atoms with E-state index in [0.717, 1.165) is 5.56 Å². The Bertz CT molecular complexity index is 503. The minimum absolute atomic E-state index is 0.0796. The molecule has 76 valence electrons. The van der Waals surface area contributed by atoms with Crippen LogP contribution in [-0.4, -0.2) is 10.1 Å². The molecular formula is C12H11NO2. The minimum Gasteiger partial charge on any atom is -0.390 e. The number of hydrogen-bond acceptors (Lipinski definition) is 2. The second-order valence-corrected chi connectivity index (χ2v) is 3.26. The summed E-state index contributed by atoms with van der Waals surface area (Å²) >= 11 is 0. The van der Waals surface area contributed by atoms with Gasteiger partial charge in [-0.15, -0.1) is 0 Å². The summed E-state index contributed by atoms with van der Waals surface area (Å²) in [5.41, 5.74) is 1.94. The normalized spacial score (nSPS) is 10.2. The van der Waals surface area contributed by atoms with Gasteiger partial charge in [0.05, 0.1) is 6.61 Å². The van der Waals surface area contributed by atoms with Crippen LogP contribution < -0.4 is 5.43 Å². The van der Waals surface area contributed by atoms with Crippen LogP contribution in [0.25, 0.3) is 11.1 Å². The maximum absolute atomic E-state index is 11.7. The fraction of sp³-hybridized carbons (Fsp3) is 0.0833. The van der Waals surface area contributed by atoms with E-state index in [1.165, 1.54) is 6.07 Å². The van der Waals surface area contributed by atoms with Crippen molar-refractivity contribution in [3.63, 3.8) is 0 Å². The number of aliphatic hydroxyl groups excluding tert-OH is 1. The average Bonchev–Trinajstić information content (AvgIpc) is 2.30. The van der Waals surface area contributed by atoms with E-state index in [1.54, 1.807) is 6.20 Å². The Hall–Kier alpha value is -1.87. The van der Waals surface area contributed by atoms with Crippen molar-refractivity contribution in [2.24, 2.45) is 0 Å². The van der Waals surface area contributed by atoms with Gasteiger partial charge in [-0.25, -0.2) is 0 Å². The molecule has 0 fully saturated rings. The highest BCUT2D eigenvalue weighted by Gasteiger charge is 2.02. The summed E-state index contributed by atoms with van der Waals surface area (Å²) in [6, 6.07) is 10.8. The molecule has 0 radical (unpaired) electrons. The first-order valence-corrected chi connectivity index (χ1v) is 4.69. The van der Waals surface area contributed by atoms with Gasteiger partial charge in [-0.2, -0.15) is 0 Å². The third-order valence-electron chi connectivity index (χ3n) is 2.23. The Morgan fingerprint density at radius 2 is 1.93 bits per heavy atom. The van der Waals surface area contributed by atoms with Crippen LogP contribution in [0.5, 0.6) is 0 Å². The van der Waals surface area contributed by atoms with Crippen LogP contribution in [-0.2, 0) is 6.61 Å². The molecule has 3 heteroatoms. The van der Waals surface area contributed by atoms with Gasteiger partial charge in [0, 0.05) is 23.5 Å². The van der Waals surface area contributed by atoms with Gasteiger partial charge < -0.3 is 10.1 Å². The van der Waals surface area contributed by atoms with Gasteiger partial charge in [0.1, 0.15) is 0 Å². The lowest BCUT2D eigenvalue weighted by molar-refractivity contribution is 0.277. The van der Waals surface area contributed by atoms with Gasteiger partial charge in [-0.1, -0.05) is 30.3 Å². The number of H-pyrrole nitrogens is 1. The predicted octanol–water partition coefficient (Wildman–Crippen LogP) is 1.53. The quantitative estimate of drug-likeness (QED) is 0.774. The lowest BCUT2D eigenvalue weighted by Gasteiger charge is -2.01. The Labute approximate surface area is 87.0 Å². The zero-order valence-corrected chi connectivity index (χ0v) is 8.10. The third kappa shape index (κ3) is 1.97. The van der Waals surface area contributed by atoms with Crippen molar-refractivity contribution in [2.75, 3.05) is 0 Å². The van der Waals surface area contributed by atoms with Crippen molar-refractivity contribution in [2.45, 2.75) is 6.61 Å². The molecule has 0 saturated carbocycles. The van der Waals surface area contributed by atoms with E-state index in [-0.39, 0.29) is 12.0 Å². The van der Waals surface area contributed by atoms with Gasteiger partial charge >= 0.3 is 0 Å². The molecule has 15 heavy (non-hydrogen) atoms. The molecule has 0 aliphatic carbocycles. The fourth-order valence-corrected chi connectivity index (χ4v) is 1.45. The van der Waals surface area contributed by atoms with Crippen molar-refractivity contribution < 1.29 is 5.11 Å². The van der Waals surface area contributed by atoms with Crippen LogP contribution in [0.4, 0.5) is 0 Å². The Morgan fingerprint density at radius 3 is 2.53 bits per heavy atom. The van der Waals surface area contributed by atoms with Gasteiger partial charge in [0.2, 0.25) is 0 Å². The first kappa shape index (κ1) is 9.68. The molecule has 2 rings (SSSR count). The maximum atomic E-state index is 11.7. The van der Waals surface area contributed by atoms with Crippen molar-refractivity contribution >= 4 is 0 Å². The van der Waals surface area contributed by atoms with Crippen molar-refractivity contribution in [3.05, 3.63) is 58.5 Å². The molecular weight excluding hydrogens is 190 g/mol. The number of rotatable bonds is 2. The van der Waals surface area contributed by atoms with E-state index in [9.17, 15) is 4.79 Å². The number of nitrogens with one attached hydrogen (secondary N) is 1. The molecule has 3 nitrogen and oxygen atoms in total. The summed E-state index contributed by atoms with van der Waals surface area (Å²) in [6.07, 6.45) is 1.63. The van der Waals surface area contributed by atoms with Crippen molar-refractivity contribution in [1.29, 1.82) is 0 Å². The summed E-state index contributed by atoms with van der Waals surface area (Å²) in [5, 5.41) is 8.85. The molecule has 1 aromatic carbocycles. The zero-order chi connectivity index (χ0) is 10.7. The first-order chi connectivity index (χ1) is 7.31. The molecule has 0 aliphatic heterocycles. The summed E-state index contributed by atoms with van der Waals surface area (Å²) in [7, 11) is 0. The maximum Gasteiger partial charge on any atom is 0.189 e. The zero-order valence-electron chi connectivity index (χ0n) is 8.10. The second-order valence-electron chi connectivity index (χ2n) is 3.26. The van der Waals surface area contributed by atoms with E-state index in [2.05, 4.69) is 4.98 Å². The molecule has 0 atom stereocenters. The molecule has 0 amide bonds. The largest absolute Gasteiger partial charge is 0.390 e. The van der Waals surface area contributed by atoms with Crippen LogP contribution in [0.3, 0.4) is 0 Å². The van der Waals surface area contributed by atoms with Gasteiger partial charge in [-0.3, -0.25) is 4.79 Å². The van der Waals surface area contributed by atoms with E-state index in [0.29, 0.717) is 11.3 Å². The van der Waals surface area contributed by atoms with E-state index in [1.807, 2.05) is 30.3 Å². The summed E-state index contributed by atoms with van der Waals surface area (Å²) in [5.74, 6) is 0. The molecule has 0 bridgehead atoms.